The molecule has 158 valence electrons. The van der Waals surface area contributed by atoms with Gasteiger partial charge in [0, 0.05) is 5.31 Å². The number of rotatable bonds is 8. The Kier molecular flexibility index (Phi) is 7.75. The van der Waals surface area contributed by atoms with Crippen LogP contribution in [0.25, 0.3) is 0 Å². The molecule has 0 aliphatic carbocycles. The molecular weight excluding hydrogens is 407 g/mol. The van der Waals surface area contributed by atoms with E-state index in [0.29, 0.717) is 0 Å². The number of carbonyl (C=O) groups excluding carboxylic acids is 2. The van der Waals surface area contributed by atoms with Crippen LogP contribution in [0.1, 0.15) is 13.8 Å². The molecule has 0 aliphatic rings. The van der Waals surface area contributed by atoms with E-state index in [4.69, 9.17) is 9.47 Å². The standard InChI is InChI=1S/C26H25O4P/c1-3-29-25(27)20-24(26(28)30-4-2)31(21-14-8-5-9-15-21,22-16-10-6-11-17-22)23-18-12-7-13-19-23/h5-19H,3-4H2,1-2H3. The molecule has 3 aromatic carbocycles. The van der Waals surface area contributed by atoms with Crippen LogP contribution in [0.4, 0.5) is 0 Å². The third-order valence-corrected chi connectivity index (χ3v) is 8.91. The van der Waals surface area contributed by atoms with E-state index < -0.39 is 19.2 Å². The molecule has 0 aliphatic heterocycles. The lowest BCUT2D eigenvalue weighted by Crippen LogP contribution is -2.35. The fourth-order valence-corrected chi connectivity index (χ4v) is 7.65. The molecule has 31 heavy (non-hydrogen) atoms. The zero-order chi connectivity index (χ0) is 22.1. The lowest BCUT2D eigenvalue weighted by atomic mass is 10.3. The summed E-state index contributed by atoms with van der Waals surface area (Å²) >= 11 is 0. The molecule has 0 unspecified atom stereocenters. The summed E-state index contributed by atoms with van der Waals surface area (Å²) in [5, 5.41) is 2.96. The minimum absolute atomic E-state index is 0.186. The number of hydrogen-bond donors (Lipinski definition) is 0. The average molecular weight is 432 g/mol. The highest BCUT2D eigenvalue weighted by Gasteiger charge is 2.48. The van der Waals surface area contributed by atoms with Crippen molar-refractivity contribution in [3.05, 3.63) is 102 Å². The van der Waals surface area contributed by atoms with E-state index in [1.54, 1.807) is 13.8 Å². The van der Waals surface area contributed by atoms with Gasteiger partial charge in [0.15, 0.2) is 0 Å². The van der Waals surface area contributed by atoms with Gasteiger partial charge in [0.25, 0.3) is 0 Å². The molecular formula is C26H25O4P. The number of esters is 2. The average Bonchev–Trinajstić information content (AvgIpc) is 2.81. The van der Waals surface area contributed by atoms with Crippen molar-refractivity contribution < 1.29 is 19.1 Å². The molecule has 3 rings (SSSR count). The smallest absolute Gasteiger partial charge is 0.241 e. The summed E-state index contributed by atoms with van der Waals surface area (Å²) < 4.78 is 10.6. The molecule has 4 nitrogen and oxygen atoms in total. The molecule has 0 heterocycles. The molecule has 0 aromatic heterocycles. The summed E-state index contributed by atoms with van der Waals surface area (Å²) in [4.78, 5) is 25.9. The first-order valence-electron chi connectivity index (χ1n) is 10.2. The van der Waals surface area contributed by atoms with Crippen LogP contribution in [-0.2, 0) is 19.1 Å². The molecule has 0 fully saturated rings. The van der Waals surface area contributed by atoms with Gasteiger partial charge in [-0.1, -0.05) is 54.6 Å². The maximum atomic E-state index is 13.3. The first kappa shape index (κ1) is 22.5. The van der Waals surface area contributed by atoms with Crippen molar-refractivity contribution in [3.8, 4) is 0 Å². The molecule has 0 amide bonds. The van der Waals surface area contributed by atoms with Gasteiger partial charge in [0.05, 0.1) is 13.2 Å². The summed E-state index contributed by atoms with van der Waals surface area (Å²) in [7, 11) is -2.80. The second-order valence-corrected chi connectivity index (χ2v) is 9.93. The lowest BCUT2D eigenvalue weighted by molar-refractivity contribution is -0.140. The second-order valence-electron chi connectivity index (χ2n) is 6.59. The van der Waals surface area contributed by atoms with E-state index in [2.05, 4.69) is 6.08 Å². The first-order valence-corrected chi connectivity index (χ1v) is 12.0. The van der Waals surface area contributed by atoms with Crippen molar-refractivity contribution in [1.82, 2.24) is 0 Å². The van der Waals surface area contributed by atoms with Crippen LogP contribution in [0.2, 0.25) is 0 Å². The van der Waals surface area contributed by atoms with Crippen LogP contribution < -0.4 is 15.9 Å². The van der Waals surface area contributed by atoms with Gasteiger partial charge in [-0.3, -0.25) is 4.79 Å². The molecule has 0 saturated heterocycles. The molecule has 0 saturated carbocycles. The van der Waals surface area contributed by atoms with Gasteiger partial charge in [0.2, 0.25) is 11.9 Å². The topological polar surface area (TPSA) is 52.6 Å². The second kappa shape index (κ2) is 10.7. The zero-order valence-electron chi connectivity index (χ0n) is 17.7. The number of carbonyl (C=O) groups is 2. The van der Waals surface area contributed by atoms with E-state index >= 15 is 0 Å². The third-order valence-electron chi connectivity index (χ3n) is 4.73. The number of hydrogen-bond acceptors (Lipinski definition) is 4. The summed E-state index contributed by atoms with van der Waals surface area (Å²) in [6, 6.07) is 29.3. The largest absolute Gasteiger partial charge is 0.545 e. The van der Waals surface area contributed by atoms with Crippen molar-refractivity contribution in [2.45, 2.75) is 13.8 Å². The van der Waals surface area contributed by atoms with E-state index in [9.17, 15) is 9.59 Å². The summed E-state index contributed by atoms with van der Waals surface area (Å²) in [5.41, 5.74) is 0. The highest BCUT2D eigenvalue weighted by molar-refractivity contribution is 7.99. The van der Waals surface area contributed by atoms with Crippen molar-refractivity contribution in [2.24, 2.45) is 0 Å². The maximum Gasteiger partial charge on any atom is 0.241 e. The molecule has 0 bridgehead atoms. The Morgan fingerprint density at radius 2 is 1.06 bits per heavy atom. The molecule has 3 aromatic rings. The molecule has 0 spiro atoms. The zero-order valence-corrected chi connectivity index (χ0v) is 18.5. The third kappa shape index (κ3) is 4.76. The Labute approximate surface area is 183 Å². The Hall–Kier alpha value is -3.23. The predicted octanol–water partition coefficient (Wildman–Crippen LogP) is 3.79. The van der Waals surface area contributed by atoms with Gasteiger partial charge in [0.1, 0.15) is 23.2 Å². The van der Waals surface area contributed by atoms with Crippen molar-refractivity contribution in [2.75, 3.05) is 13.2 Å². The fraction of sp³-hybridized carbons (Fsp3) is 0.154. The van der Waals surface area contributed by atoms with Gasteiger partial charge in [-0.25, -0.2) is 0 Å². The SMILES string of the molecule is CCOC(=O)[C-]=C(C(=O)OCC)[P+](c1ccccc1)(c1ccccc1)c1ccccc1. The quantitative estimate of drug-likeness (QED) is 0.235. The highest BCUT2D eigenvalue weighted by Crippen LogP contribution is 2.62. The monoisotopic (exact) mass is 432 g/mol. The predicted molar refractivity (Wildman–Crippen MR) is 125 cm³/mol. The van der Waals surface area contributed by atoms with Crippen molar-refractivity contribution >= 4 is 35.1 Å². The van der Waals surface area contributed by atoms with Gasteiger partial charge >= 0.3 is 0 Å². The fourth-order valence-electron chi connectivity index (χ4n) is 3.52. The molecule has 0 N–H and O–H groups in total. The molecule has 0 atom stereocenters. The highest BCUT2D eigenvalue weighted by atomic mass is 31.2. The van der Waals surface area contributed by atoms with Gasteiger partial charge in [-0.15, -0.1) is 6.08 Å². The van der Waals surface area contributed by atoms with E-state index in [0.717, 1.165) is 15.9 Å². The van der Waals surface area contributed by atoms with Crippen LogP contribution in [0.5, 0.6) is 0 Å². The van der Waals surface area contributed by atoms with Crippen LogP contribution >= 0.6 is 7.26 Å². The Morgan fingerprint density at radius 3 is 1.42 bits per heavy atom. The van der Waals surface area contributed by atoms with Gasteiger partial charge < -0.3 is 14.3 Å². The van der Waals surface area contributed by atoms with Crippen molar-refractivity contribution in [3.63, 3.8) is 0 Å². The van der Waals surface area contributed by atoms with Crippen LogP contribution in [0.3, 0.4) is 0 Å². The first-order chi connectivity index (χ1) is 15.1. The maximum absolute atomic E-state index is 13.3. The summed E-state index contributed by atoms with van der Waals surface area (Å²) in [6.45, 7) is 3.84. The lowest BCUT2D eigenvalue weighted by Gasteiger charge is -2.33. The normalized spacial score (nSPS) is 11.6. The van der Waals surface area contributed by atoms with Gasteiger partial charge in [-0.2, -0.15) is 0 Å². The Balaban J connectivity index is 2.45. The minimum Gasteiger partial charge on any atom is -0.545 e. The van der Waals surface area contributed by atoms with Crippen LogP contribution in [-0.4, -0.2) is 25.2 Å². The van der Waals surface area contributed by atoms with E-state index in [1.165, 1.54) is 0 Å². The number of benzene rings is 3. The molecule has 5 heteroatoms. The Bertz CT molecular complexity index is 934. The van der Waals surface area contributed by atoms with Gasteiger partial charge in [-0.05, 0) is 50.2 Å². The van der Waals surface area contributed by atoms with E-state index in [1.807, 2.05) is 91.0 Å². The number of ether oxygens (including phenoxy) is 2. The summed E-state index contributed by atoms with van der Waals surface area (Å²) in [6.07, 6.45) is 2.77. The van der Waals surface area contributed by atoms with Crippen molar-refractivity contribution in [1.29, 1.82) is 0 Å². The minimum atomic E-state index is -2.80. The summed E-state index contributed by atoms with van der Waals surface area (Å²) in [5.74, 6) is -1.25. The van der Waals surface area contributed by atoms with E-state index in [-0.39, 0.29) is 18.5 Å². The molecule has 0 radical (unpaired) electrons. The van der Waals surface area contributed by atoms with Crippen LogP contribution in [0, 0.1) is 6.08 Å². The Morgan fingerprint density at radius 1 is 0.677 bits per heavy atom. The van der Waals surface area contributed by atoms with Crippen LogP contribution in [0.15, 0.2) is 96.3 Å².